The summed E-state index contributed by atoms with van der Waals surface area (Å²) in [6.45, 7) is 43.3. The minimum absolute atomic E-state index is 0.00780. The van der Waals surface area contributed by atoms with E-state index in [0.29, 0.717) is 0 Å². The molecule has 0 fully saturated rings. The number of nitrogens with zero attached hydrogens (tertiary/aromatic N) is 3. The second-order valence-electron chi connectivity index (χ2n) is 30.6. The molecule has 0 spiro atoms. The fraction of sp³-hybridized carbons (Fsp3) is 0.368. The van der Waals surface area contributed by atoms with Crippen LogP contribution in [-0.4, -0.2) is 6.71 Å². The highest BCUT2D eigenvalue weighted by Crippen LogP contribution is 2.56. The fourth-order valence-corrected chi connectivity index (χ4v) is 16.2. The van der Waals surface area contributed by atoms with Crippen molar-refractivity contribution in [2.45, 2.75) is 182 Å². The number of thiophene rings is 1. The van der Waals surface area contributed by atoms with Crippen molar-refractivity contribution in [3.05, 3.63) is 190 Å². The number of rotatable bonds is 5. The number of benzene rings is 8. The summed E-state index contributed by atoms with van der Waals surface area (Å²) in [5, 5.41) is 2.63. The molecule has 3 heterocycles. The third kappa shape index (κ3) is 8.55. The lowest BCUT2D eigenvalue weighted by molar-refractivity contribution is 0.332. The quantitative estimate of drug-likeness (QED) is 0.159. The van der Waals surface area contributed by atoms with E-state index in [1.165, 1.54) is 128 Å². The maximum absolute atomic E-state index is 2.76. The van der Waals surface area contributed by atoms with Crippen molar-refractivity contribution >= 4 is 106 Å². The van der Waals surface area contributed by atoms with Gasteiger partial charge in [-0.05, 0) is 204 Å². The van der Waals surface area contributed by atoms with Crippen LogP contribution in [0.1, 0.15) is 181 Å². The third-order valence-corrected chi connectivity index (χ3v) is 20.8. The number of fused-ring (bicyclic) bond motifs is 9. The molecule has 8 aromatic carbocycles. The number of hydrogen-bond donors (Lipinski definition) is 0. The number of hydrogen-bond acceptors (Lipinski definition) is 4. The lowest BCUT2D eigenvalue weighted by Gasteiger charge is -2.47. The first-order valence-electron chi connectivity index (χ1n) is 30.1. The van der Waals surface area contributed by atoms with Gasteiger partial charge in [-0.1, -0.05) is 184 Å². The predicted molar refractivity (Wildman–Crippen MR) is 355 cm³/mol. The summed E-state index contributed by atoms with van der Waals surface area (Å²) in [5.41, 5.74) is 26.4. The second-order valence-corrected chi connectivity index (χ2v) is 31.7. The lowest BCUT2D eigenvalue weighted by atomic mass is 9.33. The predicted octanol–water partition coefficient (Wildman–Crippen LogP) is 20.1. The molecule has 5 heteroatoms. The zero-order valence-corrected chi connectivity index (χ0v) is 52.6. The van der Waals surface area contributed by atoms with Crippen LogP contribution in [-0.2, 0) is 37.9 Å². The molecule has 0 saturated heterocycles. The molecule has 0 N–H and O–H groups in total. The molecule has 2 aliphatic heterocycles. The molecule has 0 atom stereocenters. The molecule has 0 radical (unpaired) electrons. The molecular formula is C76H84BN3S. The summed E-state index contributed by atoms with van der Waals surface area (Å²) < 4.78 is 2.62. The summed E-state index contributed by atoms with van der Waals surface area (Å²) in [4.78, 5) is 7.92. The minimum atomic E-state index is -0.160. The average molecular weight is 1080 g/mol. The Bertz CT molecular complexity index is 3990. The topological polar surface area (TPSA) is 9.72 Å². The maximum Gasteiger partial charge on any atom is 0.252 e. The Morgan fingerprint density at radius 3 is 1.51 bits per heavy atom. The SMILES string of the molecule is Cc1cc2c(cc1N1c3cc4c(cc3B3c5ccc(N(c6ccc(C(C)(C)C)cc6)c6ccc(C(C)(C)C)cc6)cc5N(c5ccc6c(c5)sc5ccccc56)c5cc(C(C)(C)C)cc1c53)C(C)(C)CC4(C)C)C(C)(C)CCC2(C)C. The van der Waals surface area contributed by atoms with Crippen molar-refractivity contribution < 1.29 is 0 Å². The first kappa shape index (κ1) is 53.7. The van der Waals surface area contributed by atoms with E-state index in [0.717, 1.165) is 23.5 Å². The molecule has 412 valence electrons. The van der Waals surface area contributed by atoms with Crippen molar-refractivity contribution in [2.24, 2.45) is 0 Å². The van der Waals surface area contributed by atoms with Crippen LogP contribution in [0.2, 0.25) is 0 Å². The van der Waals surface area contributed by atoms with Gasteiger partial charge in [-0.3, -0.25) is 0 Å². The van der Waals surface area contributed by atoms with Crippen LogP contribution in [0, 0.1) is 6.92 Å². The minimum Gasteiger partial charge on any atom is -0.311 e. The van der Waals surface area contributed by atoms with Crippen LogP contribution in [0.15, 0.2) is 146 Å². The van der Waals surface area contributed by atoms with E-state index in [-0.39, 0.29) is 44.6 Å². The normalized spacial score (nSPS) is 17.4. The molecule has 3 nitrogen and oxygen atoms in total. The molecule has 4 aliphatic rings. The van der Waals surface area contributed by atoms with Gasteiger partial charge in [0.2, 0.25) is 0 Å². The van der Waals surface area contributed by atoms with Gasteiger partial charge in [0.25, 0.3) is 6.71 Å². The van der Waals surface area contributed by atoms with Crippen LogP contribution in [0.4, 0.5) is 51.2 Å². The summed E-state index contributed by atoms with van der Waals surface area (Å²) >= 11 is 1.91. The Labute approximate surface area is 489 Å². The highest BCUT2D eigenvalue weighted by atomic mass is 32.1. The van der Waals surface area contributed by atoms with Crippen molar-refractivity contribution in [3.63, 3.8) is 0 Å². The summed E-state index contributed by atoms with van der Waals surface area (Å²) in [6.07, 6.45) is 3.46. The fourth-order valence-electron chi connectivity index (χ4n) is 15.0. The van der Waals surface area contributed by atoms with Gasteiger partial charge in [0.05, 0.1) is 0 Å². The average Bonchev–Trinajstić information content (AvgIpc) is 3.95. The first-order valence-corrected chi connectivity index (χ1v) is 30.9. The molecular weight excluding hydrogens is 998 g/mol. The van der Waals surface area contributed by atoms with E-state index >= 15 is 0 Å². The van der Waals surface area contributed by atoms with Crippen LogP contribution in [0.25, 0.3) is 20.2 Å². The molecule has 81 heavy (non-hydrogen) atoms. The van der Waals surface area contributed by atoms with E-state index in [4.69, 9.17) is 0 Å². The van der Waals surface area contributed by atoms with Crippen LogP contribution in [0.3, 0.4) is 0 Å². The summed E-state index contributed by atoms with van der Waals surface area (Å²) in [7, 11) is 0. The molecule has 0 unspecified atom stereocenters. The van der Waals surface area contributed by atoms with E-state index in [1.54, 1.807) is 0 Å². The molecule has 0 saturated carbocycles. The van der Waals surface area contributed by atoms with Crippen LogP contribution < -0.4 is 31.1 Å². The molecule has 9 aromatic rings. The van der Waals surface area contributed by atoms with Gasteiger partial charge in [-0.15, -0.1) is 11.3 Å². The Balaban J connectivity index is 1.14. The first-order chi connectivity index (χ1) is 37.9. The lowest BCUT2D eigenvalue weighted by Crippen LogP contribution is -2.61. The molecule has 2 aliphatic carbocycles. The van der Waals surface area contributed by atoms with Gasteiger partial charge in [0.15, 0.2) is 0 Å². The highest BCUT2D eigenvalue weighted by molar-refractivity contribution is 7.25. The van der Waals surface area contributed by atoms with E-state index < -0.39 is 0 Å². The third-order valence-electron chi connectivity index (χ3n) is 19.7. The molecule has 1 aromatic heterocycles. The largest absolute Gasteiger partial charge is 0.311 e. The highest BCUT2D eigenvalue weighted by Gasteiger charge is 2.49. The van der Waals surface area contributed by atoms with Crippen molar-refractivity contribution in [1.29, 1.82) is 0 Å². The Kier molecular flexibility index (Phi) is 11.8. The number of aryl methyl sites for hydroxylation is 1. The van der Waals surface area contributed by atoms with Crippen LogP contribution >= 0.6 is 11.3 Å². The molecule has 13 rings (SSSR count). The second kappa shape index (κ2) is 17.7. The molecule has 0 bridgehead atoms. The van der Waals surface area contributed by atoms with Crippen molar-refractivity contribution in [3.8, 4) is 0 Å². The Morgan fingerprint density at radius 2 is 0.914 bits per heavy atom. The summed E-state index contributed by atoms with van der Waals surface area (Å²) in [5.74, 6) is 0. The smallest absolute Gasteiger partial charge is 0.252 e. The monoisotopic (exact) mass is 1080 g/mol. The van der Waals surface area contributed by atoms with E-state index in [2.05, 4.69) is 285 Å². The zero-order chi connectivity index (χ0) is 57.5. The van der Waals surface area contributed by atoms with Gasteiger partial charge in [0.1, 0.15) is 0 Å². The molecule has 0 amide bonds. The standard InChI is InChI=1S/C76H84BN3S/c1-46-37-56-58(74(13,14)36-35-73(56,11)12)43-62(46)80-64-44-59-57(75(15,16)45-76(59,17)18)42-61(64)77-60-34-32-52(78(50-27-23-47(24-28-50)70(2,3)4)51-29-25-48(26-30-51)71(5,6)7)40-63(60)79(65-38-49(72(8,9)10)39-66(80)69(65)77)53-31-33-55-54-21-19-20-22-67(54)81-68(55)41-53/h19-34,37-44H,35-36,45H2,1-18H3. The summed E-state index contributed by atoms with van der Waals surface area (Å²) in [6, 6.07) is 58.2. The zero-order valence-electron chi connectivity index (χ0n) is 51.8. The van der Waals surface area contributed by atoms with Crippen LogP contribution in [0.5, 0.6) is 0 Å². The van der Waals surface area contributed by atoms with Gasteiger partial charge in [-0.2, -0.15) is 0 Å². The van der Waals surface area contributed by atoms with E-state index in [9.17, 15) is 0 Å². The van der Waals surface area contributed by atoms with Gasteiger partial charge >= 0.3 is 0 Å². The van der Waals surface area contributed by atoms with Gasteiger partial charge < -0.3 is 14.7 Å². The van der Waals surface area contributed by atoms with Gasteiger partial charge in [-0.25, -0.2) is 0 Å². The Hall–Kier alpha value is -6.56. The van der Waals surface area contributed by atoms with Gasteiger partial charge in [0, 0.05) is 71.4 Å². The maximum atomic E-state index is 2.76. The van der Waals surface area contributed by atoms with Crippen molar-refractivity contribution in [1.82, 2.24) is 0 Å². The van der Waals surface area contributed by atoms with Crippen molar-refractivity contribution in [2.75, 3.05) is 14.7 Å². The van der Waals surface area contributed by atoms with E-state index in [1.807, 2.05) is 11.3 Å². The Morgan fingerprint density at radius 1 is 0.420 bits per heavy atom. The number of anilines is 9.